The first-order valence-electron chi connectivity index (χ1n) is 6.06. The molecule has 0 amide bonds. The van der Waals surface area contributed by atoms with Gasteiger partial charge in [0.25, 0.3) is 0 Å². The molecule has 0 radical (unpaired) electrons. The largest absolute Gasteiger partial charge is 0.460 e. The second kappa shape index (κ2) is 6.86. The minimum atomic E-state index is -0.459. The molecule has 0 saturated heterocycles. The van der Waals surface area contributed by atoms with Gasteiger partial charge in [0.2, 0.25) is 0 Å². The van der Waals surface area contributed by atoms with Crippen molar-refractivity contribution in [3.8, 4) is 0 Å². The zero-order valence-electron chi connectivity index (χ0n) is 11.5. The number of rotatable bonds is 5. The van der Waals surface area contributed by atoms with Crippen molar-refractivity contribution in [1.29, 1.82) is 0 Å². The quantitative estimate of drug-likeness (QED) is 0.669. The zero-order valence-corrected chi connectivity index (χ0v) is 13.1. The van der Waals surface area contributed by atoms with E-state index in [2.05, 4.69) is 0 Å². The molecule has 1 aromatic heterocycles. The van der Waals surface area contributed by atoms with Crippen LogP contribution in [0.5, 0.6) is 0 Å². The van der Waals surface area contributed by atoms with Crippen molar-refractivity contribution >= 4 is 34.6 Å². The highest BCUT2D eigenvalue weighted by atomic mass is 32.1. The molecule has 106 valence electrons. The first-order valence-corrected chi connectivity index (χ1v) is 7.35. The van der Waals surface area contributed by atoms with E-state index in [4.69, 9.17) is 22.7 Å². The van der Waals surface area contributed by atoms with Gasteiger partial charge in [0, 0.05) is 11.4 Å². The number of hydrogen-bond acceptors (Lipinski definition) is 4. The molecule has 1 rings (SSSR count). The first-order chi connectivity index (χ1) is 8.78. The van der Waals surface area contributed by atoms with E-state index in [0.717, 1.165) is 4.88 Å². The lowest BCUT2D eigenvalue weighted by atomic mass is 10.2. The van der Waals surface area contributed by atoms with Crippen LogP contribution in [0.2, 0.25) is 0 Å². The van der Waals surface area contributed by atoms with Crippen LogP contribution in [-0.4, -0.2) is 28.1 Å². The standard InChI is InChI=1S/C13H20N2O2S2/c1-13(2,3)17-11(16)6-7-15(12(14)18)9-10-5-4-8-19-10/h4-5,8H,6-7,9H2,1-3H3,(H2,14,18). The maximum Gasteiger partial charge on any atom is 0.308 e. The van der Waals surface area contributed by atoms with Crippen molar-refractivity contribution in [2.45, 2.75) is 39.3 Å². The lowest BCUT2D eigenvalue weighted by Gasteiger charge is -2.23. The summed E-state index contributed by atoms with van der Waals surface area (Å²) in [6.45, 7) is 6.66. The third-order valence-corrected chi connectivity index (χ3v) is 3.36. The van der Waals surface area contributed by atoms with Crippen LogP contribution in [0, 0.1) is 0 Å². The number of carbonyl (C=O) groups excluding carboxylic acids is 1. The van der Waals surface area contributed by atoms with E-state index in [0.29, 0.717) is 18.2 Å². The number of nitrogens with two attached hydrogens (primary N) is 1. The van der Waals surface area contributed by atoms with Gasteiger partial charge in [-0.15, -0.1) is 11.3 Å². The Labute approximate surface area is 123 Å². The van der Waals surface area contributed by atoms with Crippen LogP contribution in [-0.2, 0) is 16.1 Å². The van der Waals surface area contributed by atoms with Gasteiger partial charge in [-0.2, -0.15) is 0 Å². The number of thiocarbonyl (C=S) groups is 1. The molecule has 19 heavy (non-hydrogen) atoms. The first kappa shape index (κ1) is 15.9. The number of carbonyl (C=O) groups is 1. The summed E-state index contributed by atoms with van der Waals surface area (Å²) in [6.07, 6.45) is 0.278. The van der Waals surface area contributed by atoms with Crippen molar-refractivity contribution < 1.29 is 9.53 Å². The molecule has 0 saturated carbocycles. The third-order valence-electron chi connectivity index (χ3n) is 2.24. The Morgan fingerprint density at radius 3 is 2.68 bits per heavy atom. The smallest absolute Gasteiger partial charge is 0.308 e. The van der Waals surface area contributed by atoms with E-state index in [1.807, 2.05) is 43.2 Å². The van der Waals surface area contributed by atoms with Crippen LogP contribution in [0.1, 0.15) is 32.1 Å². The highest BCUT2D eigenvalue weighted by molar-refractivity contribution is 7.80. The summed E-state index contributed by atoms with van der Waals surface area (Å²) in [6, 6.07) is 4.00. The molecule has 0 aliphatic rings. The van der Waals surface area contributed by atoms with Gasteiger partial charge in [0.1, 0.15) is 5.60 Å². The number of ether oxygens (including phenoxy) is 1. The second-order valence-corrected chi connectivity index (χ2v) is 6.63. The zero-order chi connectivity index (χ0) is 14.5. The van der Waals surface area contributed by atoms with E-state index in [1.54, 1.807) is 11.3 Å². The molecule has 0 aliphatic carbocycles. The van der Waals surface area contributed by atoms with Gasteiger partial charge in [0.15, 0.2) is 5.11 Å². The molecule has 0 unspecified atom stereocenters. The molecule has 0 spiro atoms. The Morgan fingerprint density at radius 2 is 2.21 bits per heavy atom. The highest BCUT2D eigenvalue weighted by Gasteiger charge is 2.17. The lowest BCUT2D eigenvalue weighted by Crippen LogP contribution is -2.37. The van der Waals surface area contributed by atoms with Crippen LogP contribution < -0.4 is 5.73 Å². The summed E-state index contributed by atoms with van der Waals surface area (Å²) in [7, 11) is 0. The molecule has 4 nitrogen and oxygen atoms in total. The second-order valence-electron chi connectivity index (χ2n) is 5.18. The maximum absolute atomic E-state index is 11.7. The topological polar surface area (TPSA) is 55.6 Å². The molecular formula is C13H20N2O2S2. The summed E-state index contributed by atoms with van der Waals surface area (Å²) in [5.74, 6) is -0.236. The molecular weight excluding hydrogens is 280 g/mol. The predicted octanol–water partition coefficient (Wildman–Crippen LogP) is 2.53. The van der Waals surface area contributed by atoms with Crippen molar-refractivity contribution in [2.24, 2.45) is 5.73 Å². The number of nitrogens with zero attached hydrogens (tertiary/aromatic N) is 1. The average molecular weight is 300 g/mol. The minimum Gasteiger partial charge on any atom is -0.460 e. The van der Waals surface area contributed by atoms with Gasteiger partial charge < -0.3 is 15.4 Å². The molecule has 0 bridgehead atoms. The fourth-order valence-electron chi connectivity index (χ4n) is 1.48. The molecule has 0 atom stereocenters. The van der Waals surface area contributed by atoms with E-state index < -0.39 is 5.60 Å². The summed E-state index contributed by atoms with van der Waals surface area (Å²) in [4.78, 5) is 14.6. The van der Waals surface area contributed by atoms with Crippen molar-refractivity contribution in [1.82, 2.24) is 4.90 Å². The lowest BCUT2D eigenvalue weighted by molar-refractivity contribution is -0.154. The van der Waals surface area contributed by atoms with Gasteiger partial charge in [0.05, 0.1) is 13.0 Å². The van der Waals surface area contributed by atoms with Crippen LogP contribution in [0.3, 0.4) is 0 Å². The van der Waals surface area contributed by atoms with Crippen LogP contribution >= 0.6 is 23.6 Å². The van der Waals surface area contributed by atoms with E-state index in [-0.39, 0.29) is 12.4 Å². The Balaban J connectivity index is 2.46. The number of hydrogen-bond donors (Lipinski definition) is 1. The molecule has 1 heterocycles. The molecule has 1 aromatic rings. The van der Waals surface area contributed by atoms with Crippen LogP contribution in [0.15, 0.2) is 17.5 Å². The summed E-state index contributed by atoms with van der Waals surface area (Å²) < 4.78 is 5.26. The van der Waals surface area contributed by atoms with E-state index >= 15 is 0 Å². The van der Waals surface area contributed by atoms with Gasteiger partial charge in [-0.1, -0.05) is 6.07 Å². The predicted molar refractivity (Wildman–Crippen MR) is 82.0 cm³/mol. The average Bonchev–Trinajstić information content (AvgIpc) is 2.73. The SMILES string of the molecule is CC(C)(C)OC(=O)CCN(Cc1cccs1)C(N)=S. The van der Waals surface area contributed by atoms with Gasteiger partial charge in [-0.25, -0.2) is 0 Å². The molecule has 0 aromatic carbocycles. The molecule has 0 aliphatic heterocycles. The maximum atomic E-state index is 11.7. The Morgan fingerprint density at radius 1 is 1.53 bits per heavy atom. The van der Waals surface area contributed by atoms with Crippen LogP contribution in [0.4, 0.5) is 0 Å². The van der Waals surface area contributed by atoms with Crippen molar-refractivity contribution in [2.75, 3.05) is 6.54 Å². The highest BCUT2D eigenvalue weighted by Crippen LogP contribution is 2.13. The number of thiophene rings is 1. The van der Waals surface area contributed by atoms with Gasteiger partial charge in [-0.3, -0.25) is 4.79 Å². The Bertz CT molecular complexity index is 424. The van der Waals surface area contributed by atoms with Crippen molar-refractivity contribution in [3.63, 3.8) is 0 Å². The summed E-state index contributed by atoms with van der Waals surface area (Å²) >= 11 is 6.65. The molecule has 6 heteroatoms. The fourth-order valence-corrected chi connectivity index (χ4v) is 2.35. The third kappa shape index (κ3) is 6.54. The van der Waals surface area contributed by atoms with E-state index in [1.165, 1.54) is 0 Å². The van der Waals surface area contributed by atoms with Crippen LogP contribution in [0.25, 0.3) is 0 Å². The number of esters is 1. The Kier molecular flexibility index (Phi) is 5.75. The summed E-state index contributed by atoms with van der Waals surface area (Å²) in [5.41, 5.74) is 5.22. The normalized spacial score (nSPS) is 11.1. The molecule has 0 fully saturated rings. The van der Waals surface area contributed by atoms with Crippen molar-refractivity contribution in [3.05, 3.63) is 22.4 Å². The fraction of sp³-hybridized carbons (Fsp3) is 0.538. The van der Waals surface area contributed by atoms with E-state index in [9.17, 15) is 4.79 Å². The van der Waals surface area contributed by atoms with Gasteiger partial charge >= 0.3 is 5.97 Å². The molecule has 2 N–H and O–H groups in total. The van der Waals surface area contributed by atoms with Gasteiger partial charge in [-0.05, 0) is 44.4 Å². The summed E-state index contributed by atoms with van der Waals surface area (Å²) in [5, 5.41) is 2.30. The minimum absolute atomic E-state index is 0.236. The Hall–Kier alpha value is -1.14. The monoisotopic (exact) mass is 300 g/mol.